The summed E-state index contributed by atoms with van der Waals surface area (Å²) < 4.78 is 27.3. The highest BCUT2D eigenvalue weighted by molar-refractivity contribution is 7.88. The predicted octanol–water partition coefficient (Wildman–Crippen LogP) is 3.06. The molecule has 2 aromatic rings. The first kappa shape index (κ1) is 17.4. The van der Waals surface area contributed by atoms with Crippen molar-refractivity contribution >= 4 is 21.6 Å². The first-order chi connectivity index (χ1) is 11.4. The molecule has 1 aliphatic carbocycles. The molecule has 0 aromatic heterocycles. The van der Waals surface area contributed by atoms with Gasteiger partial charge in [0.1, 0.15) is 5.60 Å². The van der Waals surface area contributed by atoms with E-state index in [1.807, 2.05) is 30.3 Å². The van der Waals surface area contributed by atoms with Crippen LogP contribution in [0, 0.1) is 5.92 Å². The molecule has 0 spiro atoms. The molecule has 1 saturated carbocycles. The second-order valence-electron chi connectivity index (χ2n) is 6.24. The highest BCUT2D eigenvalue weighted by Gasteiger charge is 2.45. The standard InChI is InChI=1S/C18H20ClNO3S/c19-17-9-5-4-6-14(17)12-24(22,23)20-13-18(21,16-10-11-16)15-7-2-1-3-8-15/h1-9,16,20-21H,10-13H2/t18-/m1/s1. The van der Waals surface area contributed by atoms with Crippen molar-refractivity contribution in [3.8, 4) is 0 Å². The van der Waals surface area contributed by atoms with Gasteiger partial charge in [0.25, 0.3) is 0 Å². The number of aliphatic hydroxyl groups is 1. The van der Waals surface area contributed by atoms with Gasteiger partial charge in [-0.2, -0.15) is 0 Å². The second-order valence-corrected chi connectivity index (χ2v) is 8.45. The van der Waals surface area contributed by atoms with Gasteiger partial charge < -0.3 is 5.11 Å². The van der Waals surface area contributed by atoms with E-state index in [0.717, 1.165) is 18.4 Å². The SMILES string of the molecule is O=S(=O)(Cc1ccccc1Cl)NC[C@@](O)(c1ccccc1)C1CC1. The van der Waals surface area contributed by atoms with Crippen molar-refractivity contribution in [2.75, 3.05) is 6.54 Å². The Balaban J connectivity index is 1.74. The quantitative estimate of drug-likeness (QED) is 0.792. The molecule has 0 saturated heterocycles. The molecule has 0 unspecified atom stereocenters. The first-order valence-corrected chi connectivity index (χ1v) is 9.92. The van der Waals surface area contributed by atoms with Crippen molar-refractivity contribution in [1.82, 2.24) is 4.72 Å². The first-order valence-electron chi connectivity index (χ1n) is 7.89. The molecule has 4 nitrogen and oxygen atoms in total. The summed E-state index contributed by atoms with van der Waals surface area (Å²) in [5.41, 5.74) is 0.115. The Morgan fingerprint density at radius 3 is 2.33 bits per heavy atom. The summed E-state index contributed by atoms with van der Waals surface area (Å²) in [6, 6.07) is 16.1. The summed E-state index contributed by atoms with van der Waals surface area (Å²) in [7, 11) is -3.60. The molecule has 6 heteroatoms. The molecule has 2 aromatic carbocycles. The number of rotatable bonds is 7. The lowest BCUT2D eigenvalue weighted by molar-refractivity contribution is 0.0185. The van der Waals surface area contributed by atoms with Gasteiger partial charge in [0.2, 0.25) is 10.0 Å². The molecule has 1 atom stereocenters. The zero-order valence-electron chi connectivity index (χ0n) is 13.2. The minimum atomic E-state index is -3.60. The maximum absolute atomic E-state index is 12.4. The van der Waals surface area contributed by atoms with Crippen LogP contribution < -0.4 is 4.72 Å². The lowest BCUT2D eigenvalue weighted by Crippen LogP contribution is -2.42. The Kier molecular flexibility index (Phi) is 4.97. The van der Waals surface area contributed by atoms with E-state index in [1.54, 1.807) is 24.3 Å². The summed E-state index contributed by atoms with van der Waals surface area (Å²) in [6.45, 7) is -0.0333. The predicted molar refractivity (Wildman–Crippen MR) is 95.1 cm³/mol. The topological polar surface area (TPSA) is 66.4 Å². The Morgan fingerprint density at radius 2 is 1.71 bits per heavy atom. The Morgan fingerprint density at radius 1 is 1.08 bits per heavy atom. The van der Waals surface area contributed by atoms with Crippen molar-refractivity contribution < 1.29 is 13.5 Å². The lowest BCUT2D eigenvalue weighted by atomic mass is 9.89. The van der Waals surface area contributed by atoms with E-state index in [9.17, 15) is 13.5 Å². The van der Waals surface area contributed by atoms with Gasteiger partial charge in [-0.05, 0) is 36.0 Å². The molecule has 1 aliphatic rings. The van der Waals surface area contributed by atoms with Crippen molar-refractivity contribution in [3.05, 3.63) is 70.7 Å². The van der Waals surface area contributed by atoms with Crippen LogP contribution >= 0.6 is 11.6 Å². The van der Waals surface area contributed by atoms with Crippen LogP contribution in [0.15, 0.2) is 54.6 Å². The number of benzene rings is 2. The zero-order valence-corrected chi connectivity index (χ0v) is 14.7. The number of halogens is 1. The fraction of sp³-hybridized carbons (Fsp3) is 0.333. The summed E-state index contributed by atoms with van der Waals surface area (Å²) in [5, 5.41) is 11.5. The molecule has 2 N–H and O–H groups in total. The number of sulfonamides is 1. The Labute approximate surface area is 147 Å². The van der Waals surface area contributed by atoms with Crippen LogP contribution in [0.2, 0.25) is 5.02 Å². The van der Waals surface area contributed by atoms with Gasteiger partial charge in [-0.3, -0.25) is 0 Å². The summed E-state index contributed by atoms with van der Waals surface area (Å²) in [6.07, 6.45) is 1.80. The molecule has 0 amide bonds. The highest BCUT2D eigenvalue weighted by Crippen LogP contribution is 2.45. The Bertz CT molecular complexity index is 806. The fourth-order valence-electron chi connectivity index (χ4n) is 2.86. The monoisotopic (exact) mass is 365 g/mol. The van der Waals surface area contributed by atoms with Crippen molar-refractivity contribution in [2.24, 2.45) is 5.92 Å². The van der Waals surface area contributed by atoms with E-state index in [-0.39, 0.29) is 18.2 Å². The smallest absolute Gasteiger partial charge is 0.215 e. The van der Waals surface area contributed by atoms with E-state index in [2.05, 4.69) is 4.72 Å². The zero-order chi connectivity index (χ0) is 17.2. The van der Waals surface area contributed by atoms with E-state index in [1.165, 1.54) is 0 Å². The van der Waals surface area contributed by atoms with Crippen molar-refractivity contribution in [3.63, 3.8) is 0 Å². The average molecular weight is 366 g/mol. The van der Waals surface area contributed by atoms with Gasteiger partial charge in [0.15, 0.2) is 0 Å². The molecule has 0 radical (unpaired) electrons. The number of hydrogen-bond acceptors (Lipinski definition) is 3. The van der Waals surface area contributed by atoms with Crippen LogP contribution in [-0.2, 0) is 21.4 Å². The summed E-state index contributed by atoms with van der Waals surface area (Å²) >= 11 is 6.04. The third-order valence-corrected chi connectivity index (χ3v) is 6.04. The number of nitrogens with one attached hydrogen (secondary N) is 1. The van der Waals surface area contributed by atoms with Gasteiger partial charge >= 0.3 is 0 Å². The van der Waals surface area contributed by atoms with Crippen LogP contribution in [0.5, 0.6) is 0 Å². The van der Waals surface area contributed by atoms with E-state index >= 15 is 0 Å². The largest absolute Gasteiger partial charge is 0.383 e. The second kappa shape index (κ2) is 6.84. The molecule has 1 fully saturated rings. The fourth-order valence-corrected chi connectivity index (χ4v) is 4.35. The number of hydrogen-bond donors (Lipinski definition) is 2. The molecule has 0 aliphatic heterocycles. The van der Waals surface area contributed by atoms with Crippen LogP contribution in [0.1, 0.15) is 24.0 Å². The van der Waals surface area contributed by atoms with Crippen LogP contribution in [0.25, 0.3) is 0 Å². The third kappa shape index (κ3) is 3.98. The molecular weight excluding hydrogens is 346 g/mol. The molecular formula is C18H20ClNO3S. The molecule has 3 rings (SSSR count). The molecule has 0 heterocycles. The van der Waals surface area contributed by atoms with Crippen molar-refractivity contribution in [2.45, 2.75) is 24.2 Å². The van der Waals surface area contributed by atoms with E-state index < -0.39 is 15.6 Å². The molecule has 0 bridgehead atoms. The lowest BCUT2D eigenvalue weighted by Gasteiger charge is -2.29. The van der Waals surface area contributed by atoms with E-state index in [0.29, 0.717) is 10.6 Å². The summed E-state index contributed by atoms with van der Waals surface area (Å²) in [4.78, 5) is 0. The maximum Gasteiger partial charge on any atom is 0.215 e. The van der Waals surface area contributed by atoms with E-state index in [4.69, 9.17) is 11.6 Å². The van der Waals surface area contributed by atoms with Crippen LogP contribution in [-0.4, -0.2) is 20.1 Å². The van der Waals surface area contributed by atoms with Gasteiger partial charge in [-0.1, -0.05) is 60.1 Å². The third-order valence-electron chi connectivity index (χ3n) is 4.39. The van der Waals surface area contributed by atoms with Gasteiger partial charge in [-0.15, -0.1) is 0 Å². The van der Waals surface area contributed by atoms with Crippen LogP contribution in [0.3, 0.4) is 0 Å². The van der Waals surface area contributed by atoms with Gasteiger partial charge in [0.05, 0.1) is 5.75 Å². The minimum absolute atomic E-state index is 0.0333. The van der Waals surface area contributed by atoms with Crippen molar-refractivity contribution in [1.29, 1.82) is 0 Å². The highest BCUT2D eigenvalue weighted by atomic mass is 35.5. The van der Waals surface area contributed by atoms with Gasteiger partial charge in [-0.25, -0.2) is 13.1 Å². The maximum atomic E-state index is 12.4. The van der Waals surface area contributed by atoms with Crippen LogP contribution in [0.4, 0.5) is 0 Å². The Hall–Kier alpha value is -1.40. The minimum Gasteiger partial charge on any atom is -0.383 e. The summed E-state index contributed by atoms with van der Waals surface area (Å²) in [5.74, 6) is -0.120. The molecule has 128 valence electrons. The van der Waals surface area contributed by atoms with Gasteiger partial charge in [0, 0.05) is 11.6 Å². The average Bonchev–Trinajstić information content (AvgIpc) is 3.41. The molecule has 24 heavy (non-hydrogen) atoms. The normalized spacial score (nSPS) is 17.4.